The number of ether oxygens (including phenoxy) is 1. The molecule has 1 N–H and O–H groups in total. The van der Waals surface area contributed by atoms with Crippen LogP contribution in [0.15, 0.2) is 24.3 Å². The Morgan fingerprint density at radius 2 is 1.81 bits per heavy atom. The van der Waals surface area contributed by atoms with Crippen molar-refractivity contribution in [1.82, 2.24) is 4.90 Å². The SMILES string of the molecule is COc1ccc(CCC(=O)N(CCC(=O)O)C(C)C)cc1. The van der Waals surface area contributed by atoms with E-state index in [2.05, 4.69) is 0 Å². The van der Waals surface area contributed by atoms with Crippen LogP contribution < -0.4 is 4.74 Å². The highest BCUT2D eigenvalue weighted by molar-refractivity contribution is 5.77. The summed E-state index contributed by atoms with van der Waals surface area (Å²) in [5.74, 6) is -0.110. The first-order valence-corrected chi connectivity index (χ1v) is 7.08. The van der Waals surface area contributed by atoms with Gasteiger partial charge in [0.2, 0.25) is 5.91 Å². The predicted octanol–water partition coefficient (Wildman–Crippen LogP) is 2.34. The lowest BCUT2D eigenvalue weighted by molar-refractivity contribution is -0.139. The third-order valence-corrected chi connectivity index (χ3v) is 3.30. The quantitative estimate of drug-likeness (QED) is 0.799. The number of aryl methyl sites for hydroxylation is 1. The Hall–Kier alpha value is -2.04. The molecule has 0 spiro atoms. The first kappa shape index (κ1) is 17.0. The lowest BCUT2D eigenvalue weighted by Gasteiger charge is -2.26. The largest absolute Gasteiger partial charge is 0.497 e. The number of methoxy groups -OCH3 is 1. The maximum atomic E-state index is 12.2. The minimum absolute atomic E-state index is 0.00715. The van der Waals surface area contributed by atoms with Gasteiger partial charge in [-0.15, -0.1) is 0 Å². The standard InChI is InChI=1S/C16H23NO4/c1-12(2)17(11-10-16(19)20)15(18)9-6-13-4-7-14(21-3)8-5-13/h4-5,7-8,12H,6,9-11H2,1-3H3,(H,19,20). The van der Waals surface area contributed by atoms with E-state index >= 15 is 0 Å². The topological polar surface area (TPSA) is 66.8 Å². The summed E-state index contributed by atoms with van der Waals surface area (Å²) in [6.45, 7) is 4.05. The van der Waals surface area contributed by atoms with Gasteiger partial charge in [0.05, 0.1) is 13.5 Å². The number of carboxylic acids is 1. The van der Waals surface area contributed by atoms with Crippen LogP contribution in [0.5, 0.6) is 5.75 Å². The van der Waals surface area contributed by atoms with Crippen LogP contribution in [0.3, 0.4) is 0 Å². The Bertz CT molecular complexity index is 468. The minimum atomic E-state index is -0.886. The Kier molecular flexibility index (Phi) is 6.72. The molecule has 0 saturated heterocycles. The number of carbonyl (C=O) groups excluding carboxylic acids is 1. The normalized spacial score (nSPS) is 10.5. The van der Waals surface area contributed by atoms with Gasteiger partial charge in [-0.25, -0.2) is 0 Å². The molecule has 0 aliphatic heterocycles. The van der Waals surface area contributed by atoms with Gasteiger partial charge < -0.3 is 14.7 Å². The van der Waals surface area contributed by atoms with Gasteiger partial charge in [-0.1, -0.05) is 12.1 Å². The second-order valence-corrected chi connectivity index (χ2v) is 5.17. The Labute approximate surface area is 125 Å². The van der Waals surface area contributed by atoms with Crippen molar-refractivity contribution < 1.29 is 19.4 Å². The molecule has 0 saturated carbocycles. The van der Waals surface area contributed by atoms with E-state index in [1.165, 1.54) is 0 Å². The van der Waals surface area contributed by atoms with Crippen LogP contribution in [0.25, 0.3) is 0 Å². The van der Waals surface area contributed by atoms with Crippen LogP contribution in [-0.2, 0) is 16.0 Å². The summed E-state index contributed by atoms with van der Waals surface area (Å²) in [7, 11) is 1.61. The van der Waals surface area contributed by atoms with Crippen LogP contribution in [0.1, 0.15) is 32.3 Å². The summed E-state index contributed by atoms with van der Waals surface area (Å²) >= 11 is 0. The van der Waals surface area contributed by atoms with Crippen molar-refractivity contribution in [3.63, 3.8) is 0 Å². The number of nitrogens with zero attached hydrogens (tertiary/aromatic N) is 1. The van der Waals surface area contributed by atoms with Gasteiger partial charge >= 0.3 is 5.97 Å². The fourth-order valence-electron chi connectivity index (χ4n) is 2.07. The Balaban J connectivity index is 2.54. The molecule has 0 atom stereocenters. The summed E-state index contributed by atoms with van der Waals surface area (Å²) in [5.41, 5.74) is 1.06. The number of carboxylic acid groups (broad SMARTS) is 1. The highest BCUT2D eigenvalue weighted by Gasteiger charge is 2.17. The third kappa shape index (κ3) is 5.85. The van der Waals surface area contributed by atoms with E-state index in [1.54, 1.807) is 12.0 Å². The lowest BCUT2D eigenvalue weighted by atomic mass is 10.1. The van der Waals surface area contributed by atoms with E-state index in [4.69, 9.17) is 9.84 Å². The van der Waals surface area contributed by atoms with E-state index in [0.29, 0.717) is 12.8 Å². The zero-order valence-electron chi connectivity index (χ0n) is 12.8. The average molecular weight is 293 g/mol. The summed E-state index contributed by atoms with van der Waals surface area (Å²) in [6, 6.07) is 7.61. The van der Waals surface area contributed by atoms with Crippen molar-refractivity contribution in [2.45, 2.75) is 39.2 Å². The number of amides is 1. The van der Waals surface area contributed by atoms with Crippen molar-refractivity contribution in [3.8, 4) is 5.75 Å². The molecular weight excluding hydrogens is 270 g/mol. The molecule has 0 radical (unpaired) electrons. The number of rotatable bonds is 8. The average Bonchev–Trinajstić information content (AvgIpc) is 2.45. The zero-order valence-corrected chi connectivity index (χ0v) is 12.8. The maximum Gasteiger partial charge on any atom is 0.305 e. The van der Waals surface area contributed by atoms with Crippen LogP contribution in [0.4, 0.5) is 0 Å². The zero-order chi connectivity index (χ0) is 15.8. The number of aliphatic carboxylic acids is 1. The van der Waals surface area contributed by atoms with E-state index < -0.39 is 5.97 Å². The fourth-order valence-corrected chi connectivity index (χ4v) is 2.07. The fraction of sp³-hybridized carbons (Fsp3) is 0.500. The van der Waals surface area contributed by atoms with Crippen LogP contribution in [0.2, 0.25) is 0 Å². The highest BCUT2D eigenvalue weighted by atomic mass is 16.5. The molecule has 1 aromatic carbocycles. The number of hydrogen-bond acceptors (Lipinski definition) is 3. The third-order valence-electron chi connectivity index (χ3n) is 3.30. The van der Waals surface area contributed by atoms with E-state index in [9.17, 15) is 9.59 Å². The van der Waals surface area contributed by atoms with E-state index in [1.807, 2.05) is 38.1 Å². The van der Waals surface area contributed by atoms with E-state index in [0.717, 1.165) is 11.3 Å². The monoisotopic (exact) mass is 293 g/mol. The molecule has 0 aliphatic carbocycles. The molecule has 1 rings (SSSR count). The van der Waals surface area contributed by atoms with Gasteiger partial charge in [0.15, 0.2) is 0 Å². The maximum absolute atomic E-state index is 12.2. The Morgan fingerprint density at radius 3 is 2.29 bits per heavy atom. The molecule has 1 aromatic rings. The van der Waals surface area contributed by atoms with Crippen molar-refractivity contribution in [3.05, 3.63) is 29.8 Å². The van der Waals surface area contributed by atoms with E-state index in [-0.39, 0.29) is 24.9 Å². The number of hydrogen-bond donors (Lipinski definition) is 1. The number of benzene rings is 1. The Morgan fingerprint density at radius 1 is 1.19 bits per heavy atom. The molecule has 116 valence electrons. The van der Waals surface area contributed by atoms with Crippen LogP contribution >= 0.6 is 0 Å². The van der Waals surface area contributed by atoms with Crippen molar-refractivity contribution in [2.24, 2.45) is 0 Å². The second-order valence-electron chi connectivity index (χ2n) is 5.17. The second kappa shape index (κ2) is 8.29. The van der Waals surface area contributed by atoms with Crippen molar-refractivity contribution >= 4 is 11.9 Å². The summed E-state index contributed by atoms with van der Waals surface area (Å²) in [4.78, 5) is 24.5. The molecule has 0 aliphatic rings. The molecule has 5 heteroatoms. The van der Waals surface area contributed by atoms with Gasteiger partial charge in [0.1, 0.15) is 5.75 Å². The molecular formula is C16H23NO4. The summed E-state index contributed by atoms with van der Waals surface area (Å²) in [6.07, 6.45) is 0.996. The molecule has 5 nitrogen and oxygen atoms in total. The van der Waals surface area contributed by atoms with Gasteiger partial charge in [-0.2, -0.15) is 0 Å². The van der Waals surface area contributed by atoms with Gasteiger partial charge in [-0.3, -0.25) is 9.59 Å². The molecule has 0 fully saturated rings. The summed E-state index contributed by atoms with van der Waals surface area (Å²) in [5, 5.41) is 8.73. The molecule has 0 heterocycles. The van der Waals surface area contributed by atoms with Gasteiger partial charge in [-0.05, 0) is 38.0 Å². The highest BCUT2D eigenvalue weighted by Crippen LogP contribution is 2.13. The minimum Gasteiger partial charge on any atom is -0.497 e. The van der Waals surface area contributed by atoms with Gasteiger partial charge in [0, 0.05) is 19.0 Å². The lowest BCUT2D eigenvalue weighted by Crippen LogP contribution is -2.38. The molecule has 0 bridgehead atoms. The van der Waals surface area contributed by atoms with Crippen molar-refractivity contribution in [1.29, 1.82) is 0 Å². The molecule has 0 aromatic heterocycles. The van der Waals surface area contributed by atoms with Crippen LogP contribution in [0, 0.1) is 0 Å². The first-order valence-electron chi connectivity index (χ1n) is 7.08. The van der Waals surface area contributed by atoms with Crippen molar-refractivity contribution in [2.75, 3.05) is 13.7 Å². The smallest absolute Gasteiger partial charge is 0.305 e. The molecule has 1 amide bonds. The molecule has 21 heavy (non-hydrogen) atoms. The van der Waals surface area contributed by atoms with Crippen LogP contribution in [-0.4, -0.2) is 41.6 Å². The first-order chi connectivity index (χ1) is 9.93. The van der Waals surface area contributed by atoms with Gasteiger partial charge in [0.25, 0.3) is 0 Å². The number of carbonyl (C=O) groups is 2. The molecule has 0 unspecified atom stereocenters. The summed E-state index contributed by atoms with van der Waals surface area (Å²) < 4.78 is 5.09. The predicted molar refractivity (Wildman–Crippen MR) is 80.4 cm³/mol.